The molecule has 0 bridgehead atoms. The number of aromatic nitrogens is 2. The van der Waals surface area contributed by atoms with Gasteiger partial charge in [0.2, 0.25) is 10.0 Å². The van der Waals surface area contributed by atoms with E-state index in [0.29, 0.717) is 23.2 Å². The Kier molecular flexibility index (Phi) is 4.98. The summed E-state index contributed by atoms with van der Waals surface area (Å²) in [7, 11) is -3.59. The maximum absolute atomic E-state index is 12.8. The minimum absolute atomic E-state index is 0.128. The molecule has 3 aromatic rings. The van der Waals surface area contributed by atoms with E-state index in [9.17, 15) is 13.2 Å². The lowest BCUT2D eigenvalue weighted by atomic mass is 10.2. The fraction of sp³-hybridized carbons (Fsp3) is 0.263. The van der Waals surface area contributed by atoms with Gasteiger partial charge in [-0.1, -0.05) is 0 Å². The van der Waals surface area contributed by atoms with Gasteiger partial charge in [-0.2, -0.15) is 4.31 Å². The predicted octanol–water partition coefficient (Wildman–Crippen LogP) is 3.44. The molecule has 1 amide bonds. The van der Waals surface area contributed by atoms with Crippen LogP contribution < -0.4 is 5.32 Å². The first-order chi connectivity index (χ1) is 13.3. The molecule has 0 unspecified atom stereocenters. The number of fused-ring (bicyclic) bond motifs is 1. The van der Waals surface area contributed by atoms with Gasteiger partial charge in [-0.25, -0.2) is 13.4 Å². The molecular formula is C19H19BrN4O3S. The van der Waals surface area contributed by atoms with E-state index < -0.39 is 10.0 Å². The molecule has 1 fully saturated rings. The van der Waals surface area contributed by atoms with Crippen molar-refractivity contribution in [1.82, 2.24) is 13.7 Å². The first-order valence-electron chi connectivity index (χ1n) is 8.91. The highest BCUT2D eigenvalue weighted by molar-refractivity contribution is 9.10. The average Bonchev–Trinajstić information content (AvgIpc) is 3.30. The van der Waals surface area contributed by atoms with Crippen molar-refractivity contribution in [3.8, 4) is 0 Å². The Hall–Kier alpha value is -2.23. The summed E-state index contributed by atoms with van der Waals surface area (Å²) in [5.41, 5.74) is 2.53. The van der Waals surface area contributed by atoms with Crippen molar-refractivity contribution in [3.63, 3.8) is 0 Å². The maximum Gasteiger partial charge on any atom is 0.256 e. The molecular weight excluding hydrogens is 444 g/mol. The normalized spacial score (nSPS) is 15.2. The van der Waals surface area contributed by atoms with E-state index in [0.717, 1.165) is 24.2 Å². The first kappa shape index (κ1) is 19.1. The van der Waals surface area contributed by atoms with Crippen molar-refractivity contribution in [2.45, 2.75) is 24.7 Å². The van der Waals surface area contributed by atoms with Crippen LogP contribution in [0.1, 0.15) is 28.9 Å². The lowest BCUT2D eigenvalue weighted by Crippen LogP contribution is -2.28. The first-order valence-corrected chi connectivity index (χ1v) is 11.1. The monoisotopic (exact) mass is 462 g/mol. The van der Waals surface area contributed by atoms with Crippen LogP contribution in [0.2, 0.25) is 0 Å². The summed E-state index contributed by atoms with van der Waals surface area (Å²) < 4.78 is 29.4. The van der Waals surface area contributed by atoms with Crippen LogP contribution in [-0.4, -0.2) is 41.1 Å². The SMILES string of the molecule is Cc1cn2cc(NC(=O)c3cc(S(=O)(=O)N4CCCC4)ccc3Br)ccc2n1. The number of anilines is 1. The van der Waals surface area contributed by atoms with Gasteiger partial charge in [0.25, 0.3) is 5.91 Å². The van der Waals surface area contributed by atoms with Gasteiger partial charge in [-0.15, -0.1) is 0 Å². The van der Waals surface area contributed by atoms with Crippen LogP contribution in [0.15, 0.2) is 52.1 Å². The molecule has 1 aromatic carbocycles. The van der Waals surface area contributed by atoms with E-state index in [4.69, 9.17) is 0 Å². The fourth-order valence-electron chi connectivity index (χ4n) is 3.31. The number of carbonyl (C=O) groups is 1. The molecule has 1 aliphatic heterocycles. The third kappa shape index (κ3) is 3.57. The lowest BCUT2D eigenvalue weighted by Gasteiger charge is -2.16. The molecule has 9 heteroatoms. The van der Waals surface area contributed by atoms with Gasteiger partial charge in [0.05, 0.1) is 21.8 Å². The number of imidazole rings is 1. The Balaban J connectivity index is 1.62. The Morgan fingerprint density at radius 3 is 2.64 bits per heavy atom. The van der Waals surface area contributed by atoms with Gasteiger partial charge in [-0.3, -0.25) is 4.79 Å². The van der Waals surface area contributed by atoms with Crippen LogP contribution in [-0.2, 0) is 10.0 Å². The smallest absolute Gasteiger partial charge is 0.256 e. The van der Waals surface area contributed by atoms with Gasteiger partial charge in [0.15, 0.2) is 0 Å². The number of nitrogens with zero attached hydrogens (tertiary/aromatic N) is 3. The Morgan fingerprint density at radius 2 is 1.89 bits per heavy atom. The summed E-state index contributed by atoms with van der Waals surface area (Å²) in [5, 5.41) is 2.82. The number of benzene rings is 1. The van der Waals surface area contributed by atoms with Crippen LogP contribution in [0.5, 0.6) is 0 Å². The number of carbonyl (C=O) groups excluding carboxylic acids is 1. The number of hydrogen-bond acceptors (Lipinski definition) is 4. The molecule has 1 N–H and O–H groups in total. The van der Waals surface area contributed by atoms with Gasteiger partial charge >= 0.3 is 0 Å². The highest BCUT2D eigenvalue weighted by Crippen LogP contribution is 2.26. The van der Waals surface area contributed by atoms with Gasteiger partial charge < -0.3 is 9.72 Å². The highest BCUT2D eigenvalue weighted by atomic mass is 79.9. The number of nitrogens with one attached hydrogen (secondary N) is 1. The van der Waals surface area contributed by atoms with Crippen LogP contribution in [0.3, 0.4) is 0 Å². The molecule has 0 atom stereocenters. The number of sulfonamides is 1. The lowest BCUT2D eigenvalue weighted by molar-refractivity contribution is 0.102. The molecule has 146 valence electrons. The van der Waals surface area contributed by atoms with Crippen molar-refractivity contribution >= 4 is 43.2 Å². The van der Waals surface area contributed by atoms with Crippen molar-refractivity contribution in [2.24, 2.45) is 0 Å². The highest BCUT2D eigenvalue weighted by Gasteiger charge is 2.28. The molecule has 0 aliphatic carbocycles. The summed E-state index contributed by atoms with van der Waals surface area (Å²) in [6, 6.07) is 8.12. The van der Waals surface area contributed by atoms with Gasteiger partial charge in [0.1, 0.15) is 5.65 Å². The van der Waals surface area contributed by atoms with E-state index in [-0.39, 0.29) is 16.4 Å². The molecule has 1 aliphatic rings. The van der Waals surface area contributed by atoms with E-state index in [2.05, 4.69) is 26.2 Å². The zero-order chi connectivity index (χ0) is 19.9. The molecule has 1 saturated heterocycles. The minimum Gasteiger partial charge on any atom is -0.321 e. The Labute approximate surface area is 171 Å². The molecule has 28 heavy (non-hydrogen) atoms. The number of pyridine rings is 1. The topological polar surface area (TPSA) is 83.8 Å². The maximum atomic E-state index is 12.8. The van der Waals surface area contributed by atoms with Crippen molar-refractivity contribution < 1.29 is 13.2 Å². The zero-order valence-electron chi connectivity index (χ0n) is 15.2. The third-order valence-electron chi connectivity index (χ3n) is 4.71. The van der Waals surface area contributed by atoms with Crippen molar-refractivity contribution in [2.75, 3.05) is 18.4 Å². The fourth-order valence-corrected chi connectivity index (χ4v) is 5.28. The largest absolute Gasteiger partial charge is 0.321 e. The molecule has 0 radical (unpaired) electrons. The summed E-state index contributed by atoms with van der Waals surface area (Å²) in [6.07, 6.45) is 5.36. The Morgan fingerprint density at radius 1 is 1.14 bits per heavy atom. The third-order valence-corrected chi connectivity index (χ3v) is 7.30. The van der Waals surface area contributed by atoms with E-state index in [1.165, 1.54) is 16.4 Å². The summed E-state index contributed by atoms with van der Waals surface area (Å²) in [5.74, 6) is -0.387. The molecule has 4 rings (SSSR count). The minimum atomic E-state index is -3.59. The van der Waals surface area contributed by atoms with Crippen molar-refractivity contribution in [1.29, 1.82) is 0 Å². The van der Waals surface area contributed by atoms with Crippen LogP contribution >= 0.6 is 15.9 Å². The summed E-state index contributed by atoms with van der Waals surface area (Å²) in [6.45, 7) is 2.93. The van der Waals surface area contributed by atoms with Crippen LogP contribution in [0.25, 0.3) is 5.65 Å². The second-order valence-corrected chi connectivity index (χ2v) is 9.56. The molecule has 2 aromatic heterocycles. The van der Waals surface area contributed by atoms with E-state index in [1.807, 2.05) is 23.6 Å². The van der Waals surface area contributed by atoms with E-state index >= 15 is 0 Å². The predicted molar refractivity (Wildman–Crippen MR) is 110 cm³/mol. The zero-order valence-corrected chi connectivity index (χ0v) is 17.6. The second kappa shape index (κ2) is 7.31. The summed E-state index contributed by atoms with van der Waals surface area (Å²) >= 11 is 3.35. The van der Waals surface area contributed by atoms with Gasteiger partial charge in [0, 0.05) is 30.0 Å². The molecule has 7 nitrogen and oxygen atoms in total. The Bertz CT molecular complexity index is 1170. The van der Waals surface area contributed by atoms with Crippen molar-refractivity contribution in [3.05, 3.63) is 58.5 Å². The number of halogens is 1. The molecule has 0 saturated carbocycles. The van der Waals surface area contributed by atoms with Crippen LogP contribution in [0, 0.1) is 6.92 Å². The van der Waals surface area contributed by atoms with Gasteiger partial charge in [-0.05, 0) is 66.0 Å². The average molecular weight is 463 g/mol. The van der Waals surface area contributed by atoms with Crippen LogP contribution in [0.4, 0.5) is 5.69 Å². The standard InChI is InChI=1S/C19H19BrN4O3S/c1-13-11-23-12-14(4-7-18(23)21-13)22-19(25)16-10-15(5-6-17(16)20)28(26,27)24-8-2-3-9-24/h4-7,10-12H,2-3,8-9H2,1H3,(H,22,25). The summed E-state index contributed by atoms with van der Waals surface area (Å²) in [4.78, 5) is 17.3. The van der Waals surface area contributed by atoms with E-state index in [1.54, 1.807) is 18.3 Å². The molecule has 3 heterocycles. The number of amides is 1. The number of aryl methyl sites for hydroxylation is 1. The number of hydrogen-bond donors (Lipinski definition) is 1. The quantitative estimate of drug-likeness (QED) is 0.643. The molecule has 0 spiro atoms. The second-order valence-electron chi connectivity index (χ2n) is 6.77. The number of rotatable bonds is 4.